The summed E-state index contributed by atoms with van der Waals surface area (Å²) in [5.41, 5.74) is 1.30. The van der Waals surface area contributed by atoms with Gasteiger partial charge in [-0.2, -0.15) is 13.2 Å². The van der Waals surface area contributed by atoms with Crippen molar-refractivity contribution in [2.24, 2.45) is 0 Å². The maximum atomic E-state index is 13.3. The first kappa shape index (κ1) is 20.6. The smallest absolute Gasteiger partial charge is 0.306 e. The fourth-order valence-corrected chi connectivity index (χ4v) is 3.67. The summed E-state index contributed by atoms with van der Waals surface area (Å²) in [5, 5.41) is 0.0469. The highest BCUT2D eigenvalue weighted by Crippen LogP contribution is 2.30. The summed E-state index contributed by atoms with van der Waals surface area (Å²) < 4.78 is 51.6. The largest absolute Gasteiger partial charge is 0.416 e. The van der Waals surface area contributed by atoms with E-state index in [1.165, 1.54) is 18.2 Å². The zero-order valence-electron chi connectivity index (χ0n) is 15.6. The second-order valence-electron chi connectivity index (χ2n) is 7.12. The number of aromatic amines is 1. The standard InChI is InChI=1S/C21H16ClF4N3O/c22-16-9-12(1-6-17(16)23)10-29-8-7-18-15(11-29)20(30)28-19(27-18)13-2-4-14(5-3-13)21(24,25)26/h1-6,9H,7-8,10-11H2,(H,27,28,30). The Morgan fingerprint density at radius 2 is 1.87 bits per heavy atom. The van der Waals surface area contributed by atoms with Crippen LogP contribution in [0.25, 0.3) is 11.4 Å². The molecule has 0 bridgehead atoms. The molecule has 0 radical (unpaired) electrons. The first-order chi connectivity index (χ1) is 14.2. The highest BCUT2D eigenvalue weighted by molar-refractivity contribution is 6.30. The Morgan fingerprint density at radius 1 is 1.13 bits per heavy atom. The minimum atomic E-state index is -4.42. The van der Waals surface area contributed by atoms with Crippen LogP contribution in [-0.2, 0) is 25.7 Å². The zero-order chi connectivity index (χ0) is 21.5. The van der Waals surface area contributed by atoms with Crippen molar-refractivity contribution in [1.82, 2.24) is 14.9 Å². The average Bonchev–Trinajstić information content (AvgIpc) is 2.70. The Hall–Kier alpha value is -2.71. The molecule has 0 amide bonds. The molecule has 3 aromatic rings. The number of nitrogens with zero attached hydrogens (tertiary/aromatic N) is 2. The second-order valence-corrected chi connectivity index (χ2v) is 7.53. The van der Waals surface area contributed by atoms with E-state index in [-0.39, 0.29) is 16.4 Å². The summed E-state index contributed by atoms with van der Waals surface area (Å²) in [5.74, 6) is -0.243. The number of benzene rings is 2. The molecule has 1 aromatic heterocycles. The van der Waals surface area contributed by atoms with E-state index in [1.54, 1.807) is 12.1 Å². The predicted octanol–water partition coefficient (Wildman–Crippen LogP) is 4.81. The molecular formula is C21H16ClF4N3O. The lowest BCUT2D eigenvalue weighted by molar-refractivity contribution is -0.137. The molecule has 0 atom stereocenters. The first-order valence-corrected chi connectivity index (χ1v) is 9.54. The van der Waals surface area contributed by atoms with Gasteiger partial charge in [-0.05, 0) is 29.8 Å². The SMILES string of the molecule is O=c1[nH]c(-c2ccc(C(F)(F)F)cc2)nc2c1CN(Cc1ccc(F)c(Cl)c1)CC2. The second kappa shape index (κ2) is 7.85. The van der Waals surface area contributed by atoms with E-state index >= 15 is 0 Å². The summed E-state index contributed by atoms with van der Waals surface area (Å²) in [6, 6.07) is 9.02. The van der Waals surface area contributed by atoms with E-state index in [0.29, 0.717) is 42.9 Å². The molecule has 2 heterocycles. The normalized spacial score (nSPS) is 14.6. The highest BCUT2D eigenvalue weighted by atomic mass is 35.5. The molecule has 0 saturated heterocycles. The number of hydrogen-bond acceptors (Lipinski definition) is 3. The van der Waals surface area contributed by atoms with E-state index in [2.05, 4.69) is 9.97 Å². The molecule has 1 N–H and O–H groups in total. The monoisotopic (exact) mass is 437 g/mol. The average molecular weight is 438 g/mol. The molecule has 4 rings (SSSR count). The van der Waals surface area contributed by atoms with Crippen LogP contribution in [0.4, 0.5) is 17.6 Å². The van der Waals surface area contributed by atoms with E-state index in [0.717, 1.165) is 17.7 Å². The van der Waals surface area contributed by atoms with Gasteiger partial charge in [-0.25, -0.2) is 9.37 Å². The number of nitrogens with one attached hydrogen (secondary N) is 1. The lowest BCUT2D eigenvalue weighted by Crippen LogP contribution is -2.35. The van der Waals surface area contributed by atoms with Crippen LogP contribution in [0.3, 0.4) is 0 Å². The van der Waals surface area contributed by atoms with Crippen LogP contribution in [0.2, 0.25) is 5.02 Å². The molecule has 2 aromatic carbocycles. The van der Waals surface area contributed by atoms with Gasteiger partial charge in [0.15, 0.2) is 0 Å². The van der Waals surface area contributed by atoms with Crippen molar-refractivity contribution in [3.8, 4) is 11.4 Å². The number of aromatic nitrogens is 2. The molecule has 30 heavy (non-hydrogen) atoms. The van der Waals surface area contributed by atoms with Crippen molar-refractivity contribution in [3.63, 3.8) is 0 Å². The topological polar surface area (TPSA) is 49.0 Å². The molecule has 4 nitrogen and oxygen atoms in total. The Kier molecular flexibility index (Phi) is 5.38. The maximum absolute atomic E-state index is 13.3. The van der Waals surface area contributed by atoms with Gasteiger partial charge in [0, 0.05) is 31.6 Å². The van der Waals surface area contributed by atoms with Gasteiger partial charge in [-0.1, -0.05) is 29.8 Å². The number of fused-ring (bicyclic) bond motifs is 1. The third-order valence-electron chi connectivity index (χ3n) is 5.02. The summed E-state index contributed by atoms with van der Waals surface area (Å²) in [4.78, 5) is 21.8. The van der Waals surface area contributed by atoms with Crippen LogP contribution in [0.15, 0.2) is 47.3 Å². The number of halogens is 5. The van der Waals surface area contributed by atoms with Gasteiger partial charge in [0.25, 0.3) is 5.56 Å². The molecule has 0 fully saturated rings. The molecule has 0 aliphatic carbocycles. The summed E-state index contributed by atoms with van der Waals surface area (Å²) in [6.45, 7) is 1.49. The van der Waals surface area contributed by atoms with Gasteiger partial charge in [0.05, 0.1) is 21.8 Å². The van der Waals surface area contributed by atoms with Crippen LogP contribution in [0.1, 0.15) is 22.4 Å². The number of hydrogen-bond donors (Lipinski definition) is 1. The molecule has 0 unspecified atom stereocenters. The van der Waals surface area contributed by atoms with Crippen molar-refractivity contribution in [3.05, 3.63) is 86.0 Å². The number of rotatable bonds is 3. The van der Waals surface area contributed by atoms with Crippen LogP contribution >= 0.6 is 11.6 Å². The zero-order valence-corrected chi connectivity index (χ0v) is 16.3. The minimum absolute atomic E-state index is 0.0469. The third-order valence-corrected chi connectivity index (χ3v) is 5.31. The molecular weight excluding hydrogens is 422 g/mol. The van der Waals surface area contributed by atoms with Crippen molar-refractivity contribution < 1.29 is 17.6 Å². The maximum Gasteiger partial charge on any atom is 0.416 e. The molecule has 1 aliphatic rings. The van der Waals surface area contributed by atoms with Crippen LogP contribution in [-0.4, -0.2) is 21.4 Å². The van der Waals surface area contributed by atoms with Crippen LogP contribution < -0.4 is 5.56 Å². The number of alkyl halides is 3. The summed E-state index contributed by atoms with van der Waals surface area (Å²) in [7, 11) is 0. The molecule has 0 spiro atoms. The molecule has 0 saturated carbocycles. The summed E-state index contributed by atoms with van der Waals surface area (Å²) >= 11 is 5.83. The van der Waals surface area contributed by atoms with E-state index < -0.39 is 17.6 Å². The van der Waals surface area contributed by atoms with Gasteiger partial charge >= 0.3 is 6.18 Å². The lowest BCUT2D eigenvalue weighted by Gasteiger charge is -2.27. The van der Waals surface area contributed by atoms with Crippen molar-refractivity contribution in [1.29, 1.82) is 0 Å². The molecule has 1 aliphatic heterocycles. The van der Waals surface area contributed by atoms with Crippen LogP contribution in [0, 0.1) is 5.82 Å². The molecule has 9 heteroatoms. The van der Waals surface area contributed by atoms with Crippen molar-refractivity contribution >= 4 is 11.6 Å². The Morgan fingerprint density at radius 3 is 2.53 bits per heavy atom. The highest BCUT2D eigenvalue weighted by Gasteiger charge is 2.30. The fraction of sp³-hybridized carbons (Fsp3) is 0.238. The Bertz CT molecular complexity index is 1140. The minimum Gasteiger partial charge on any atom is -0.306 e. The predicted molar refractivity (Wildman–Crippen MR) is 105 cm³/mol. The van der Waals surface area contributed by atoms with Crippen LogP contribution in [0.5, 0.6) is 0 Å². The number of H-pyrrole nitrogens is 1. The van der Waals surface area contributed by atoms with E-state index in [9.17, 15) is 22.4 Å². The van der Waals surface area contributed by atoms with Gasteiger partial charge in [0.1, 0.15) is 11.6 Å². The van der Waals surface area contributed by atoms with Crippen molar-refractivity contribution in [2.45, 2.75) is 25.7 Å². The quantitative estimate of drug-likeness (QED) is 0.598. The lowest BCUT2D eigenvalue weighted by atomic mass is 10.0. The van der Waals surface area contributed by atoms with Gasteiger partial charge in [-0.15, -0.1) is 0 Å². The molecule has 156 valence electrons. The Balaban J connectivity index is 1.55. The van der Waals surface area contributed by atoms with Gasteiger partial charge in [-0.3, -0.25) is 9.69 Å². The summed E-state index contributed by atoms with van der Waals surface area (Å²) in [6.07, 6.45) is -3.91. The van der Waals surface area contributed by atoms with Gasteiger partial charge in [0.2, 0.25) is 0 Å². The third kappa shape index (κ3) is 4.24. The van der Waals surface area contributed by atoms with E-state index in [1.807, 2.05) is 4.90 Å². The van der Waals surface area contributed by atoms with E-state index in [4.69, 9.17) is 11.6 Å². The first-order valence-electron chi connectivity index (χ1n) is 9.16. The van der Waals surface area contributed by atoms with Gasteiger partial charge < -0.3 is 4.98 Å². The van der Waals surface area contributed by atoms with Crippen molar-refractivity contribution in [2.75, 3.05) is 6.54 Å². The Labute approximate surface area is 174 Å². The fourth-order valence-electron chi connectivity index (χ4n) is 3.47.